The van der Waals surface area contributed by atoms with Gasteiger partial charge in [0.25, 0.3) is 0 Å². The molecular weight excluding hydrogens is 720 g/mol. The van der Waals surface area contributed by atoms with Crippen molar-refractivity contribution < 1.29 is 39.7 Å². The zero-order chi connectivity index (χ0) is 36.1. The van der Waals surface area contributed by atoms with E-state index in [4.69, 9.17) is 22.0 Å². The summed E-state index contributed by atoms with van der Waals surface area (Å²) in [5.41, 5.74) is 17.5. The van der Waals surface area contributed by atoms with Crippen molar-refractivity contribution in [2.24, 2.45) is 9.98 Å². The Morgan fingerprint density at radius 2 is 0.846 bits per heavy atom. The average Bonchev–Trinajstić information content (AvgIpc) is 3.13. The molecule has 12 nitrogen and oxygen atoms in total. The summed E-state index contributed by atoms with van der Waals surface area (Å²) in [4.78, 5) is 25.9. The minimum absolute atomic E-state index is 0. The first-order valence-corrected chi connectivity index (χ1v) is 14.9. The molecule has 1 radical (unpaired) electrons. The Hall–Kier alpha value is -6.63. The maximum Gasteiger partial charge on any atom is 3.00 e. The molecule has 52 heavy (non-hydrogen) atoms. The number of nitriles is 2. The third kappa shape index (κ3) is 13.0. The third-order valence-electron chi connectivity index (χ3n) is 6.22. The monoisotopic (exact) mass is 751 g/mol. The predicted octanol–water partition coefficient (Wildman–Crippen LogP) is 3.16. The van der Waals surface area contributed by atoms with Crippen LogP contribution in [0.15, 0.2) is 132 Å². The van der Waals surface area contributed by atoms with Crippen molar-refractivity contribution in [3.8, 4) is 46.4 Å². The van der Waals surface area contributed by atoms with Crippen molar-refractivity contribution in [3.63, 3.8) is 0 Å². The summed E-state index contributed by atoms with van der Waals surface area (Å²) in [7, 11) is 0. The van der Waals surface area contributed by atoms with Crippen LogP contribution in [0.1, 0.15) is 25.0 Å². The number of nitrogens with two attached hydrogens (primary N) is 2. The van der Waals surface area contributed by atoms with Crippen LogP contribution < -0.4 is 34.1 Å². The van der Waals surface area contributed by atoms with Gasteiger partial charge in [0.1, 0.15) is 22.8 Å². The first-order valence-electron chi connectivity index (χ1n) is 14.9. The van der Waals surface area contributed by atoms with E-state index >= 15 is 0 Å². The van der Waals surface area contributed by atoms with Gasteiger partial charge in [0, 0.05) is 51.1 Å². The molecule has 0 aliphatic carbocycles. The minimum Gasteiger partial charge on any atom is -1.00 e. The maximum absolute atomic E-state index is 11.7. The van der Waals surface area contributed by atoms with Gasteiger partial charge in [-0.05, 0) is 59.7 Å². The zero-order valence-corrected chi connectivity index (χ0v) is 29.8. The summed E-state index contributed by atoms with van der Waals surface area (Å²) in [5.74, 6) is -0.150. The van der Waals surface area contributed by atoms with Gasteiger partial charge in [-0.3, -0.25) is 29.9 Å². The van der Waals surface area contributed by atoms with E-state index in [0.717, 1.165) is 0 Å². The molecule has 0 unspecified atom stereocenters. The fraction of sp³-hybridized carbons (Fsp3) is 0.0526. The van der Waals surface area contributed by atoms with Crippen molar-refractivity contribution in [2.75, 3.05) is 11.5 Å². The fourth-order valence-electron chi connectivity index (χ4n) is 4.05. The Morgan fingerprint density at radius 1 is 0.538 bits per heavy atom. The van der Waals surface area contributed by atoms with Gasteiger partial charge in [0.05, 0.1) is 34.9 Å². The molecule has 6 aromatic rings. The molecule has 2 aromatic carbocycles. The number of hydrogen-bond donors (Lipinski definition) is 2. The normalized spacial score (nSPS) is 9.54. The van der Waals surface area contributed by atoms with Crippen molar-refractivity contribution in [1.29, 1.82) is 10.5 Å². The van der Waals surface area contributed by atoms with Crippen molar-refractivity contribution in [3.05, 3.63) is 133 Å². The van der Waals surface area contributed by atoms with Crippen molar-refractivity contribution in [2.45, 2.75) is 13.8 Å². The quantitative estimate of drug-likeness (QED) is 0.187. The molecule has 0 aliphatic rings. The number of benzene rings is 2. The van der Waals surface area contributed by atoms with Gasteiger partial charge in [-0.2, -0.15) is 10.5 Å². The first kappa shape index (κ1) is 43.4. The first-order chi connectivity index (χ1) is 24.3. The van der Waals surface area contributed by atoms with E-state index in [-0.39, 0.29) is 41.0 Å². The molecule has 0 bridgehead atoms. The number of aliphatic imine (C=N–C) groups is 2. The molecule has 261 valence electrons. The van der Waals surface area contributed by atoms with Gasteiger partial charge >= 0.3 is 17.1 Å². The number of hydrogen-bond acceptors (Lipinski definition) is 12. The third-order valence-corrected chi connectivity index (χ3v) is 6.22. The topological polar surface area (TPSA) is 222 Å². The number of halogens is 1. The number of nitrogens with zero attached hydrogens (tertiary/aromatic N) is 8. The predicted molar refractivity (Wildman–Crippen MR) is 193 cm³/mol. The number of pyridine rings is 4. The summed E-state index contributed by atoms with van der Waals surface area (Å²) >= 11 is 0. The molecule has 0 fully saturated rings. The maximum atomic E-state index is 11.7. The van der Waals surface area contributed by atoms with Gasteiger partial charge in [-0.1, -0.05) is 48.5 Å². The fourth-order valence-corrected chi connectivity index (χ4v) is 4.05. The summed E-state index contributed by atoms with van der Waals surface area (Å²) in [6.07, 6.45) is 9.68. The molecule has 0 saturated heterocycles. The molecular formula is C38H32ClFeN10O2. The number of para-hydroxylation sites is 2. The summed E-state index contributed by atoms with van der Waals surface area (Å²) < 4.78 is 0. The van der Waals surface area contributed by atoms with E-state index in [1.165, 1.54) is 38.4 Å². The smallest absolute Gasteiger partial charge is 1.00 e. The van der Waals surface area contributed by atoms with Crippen LogP contribution in [0.5, 0.6) is 11.5 Å². The van der Waals surface area contributed by atoms with E-state index in [9.17, 15) is 10.2 Å². The second-order valence-corrected chi connectivity index (χ2v) is 9.66. The Balaban J connectivity index is 0.000000437. The van der Waals surface area contributed by atoms with Crippen LogP contribution in [-0.2, 0) is 17.1 Å². The van der Waals surface area contributed by atoms with E-state index in [0.29, 0.717) is 56.7 Å². The van der Waals surface area contributed by atoms with Crippen LogP contribution in [0.2, 0.25) is 0 Å². The minimum atomic E-state index is -0.0750. The number of nitrogen functional groups attached to an aromatic ring is 2. The van der Waals surface area contributed by atoms with Gasteiger partial charge in [-0.25, -0.2) is 0 Å². The average molecular weight is 752 g/mol. The van der Waals surface area contributed by atoms with Crippen LogP contribution >= 0.6 is 0 Å². The summed E-state index contributed by atoms with van der Waals surface area (Å²) in [5, 5.41) is 38.1. The van der Waals surface area contributed by atoms with E-state index in [1.54, 1.807) is 122 Å². The molecule has 0 amide bonds. The molecule has 4 aromatic heterocycles. The molecule has 0 spiro atoms. The largest absolute Gasteiger partial charge is 3.00 e. The summed E-state index contributed by atoms with van der Waals surface area (Å²) in [6, 6.07) is 31.1. The van der Waals surface area contributed by atoms with E-state index < -0.39 is 0 Å². The second-order valence-electron chi connectivity index (χ2n) is 9.66. The Labute approximate surface area is 318 Å². The number of anilines is 2. The Kier molecular flexibility index (Phi) is 19.8. The van der Waals surface area contributed by atoms with Crippen LogP contribution in [-0.4, -0.2) is 32.4 Å². The van der Waals surface area contributed by atoms with Gasteiger partial charge < -0.3 is 34.1 Å². The zero-order valence-electron chi connectivity index (χ0n) is 28.0. The van der Waals surface area contributed by atoms with Crippen molar-refractivity contribution in [1.82, 2.24) is 19.9 Å². The number of aromatic nitrogens is 4. The Morgan fingerprint density at radius 3 is 1.17 bits per heavy atom. The second kappa shape index (κ2) is 23.7. The van der Waals surface area contributed by atoms with Gasteiger partial charge in [0.2, 0.25) is 0 Å². The van der Waals surface area contributed by atoms with Crippen LogP contribution in [0.4, 0.5) is 22.7 Å². The number of rotatable bonds is 6. The van der Waals surface area contributed by atoms with Crippen molar-refractivity contribution >= 4 is 35.2 Å². The van der Waals surface area contributed by atoms with E-state index in [2.05, 4.69) is 29.9 Å². The molecule has 14 heteroatoms. The van der Waals surface area contributed by atoms with Crippen LogP contribution in [0.25, 0.3) is 22.8 Å². The van der Waals surface area contributed by atoms with Gasteiger partial charge in [0.15, 0.2) is 0 Å². The standard InChI is InChI=1S/2C17H14N4O.2C2H3N.ClH.Fe/c2*18-13-6-3-9-19-16(13)17-14(7-4-10-20-17)21-11-12-5-1-2-8-15(12)22;2*1-2-3;;/h2*1-11,22H,18H2;2*1H3;1H;/q;;;;;+3/p-3. The molecule has 6 rings (SSSR count). The Bertz CT molecular complexity index is 2000. The van der Waals surface area contributed by atoms with E-state index in [1.807, 2.05) is 0 Å². The summed E-state index contributed by atoms with van der Waals surface area (Å²) in [6.45, 7) is 2.86. The van der Waals surface area contributed by atoms with Crippen LogP contribution in [0, 0.1) is 22.7 Å². The molecule has 4 heterocycles. The molecule has 0 aliphatic heterocycles. The molecule has 0 saturated carbocycles. The molecule has 4 N–H and O–H groups in total. The van der Waals surface area contributed by atoms with Gasteiger partial charge in [-0.15, -0.1) is 11.5 Å². The van der Waals surface area contributed by atoms with Crippen LogP contribution in [0.3, 0.4) is 0 Å². The SMILES string of the molecule is CC#N.CC#N.Nc1cccnc1-c1ncccc1N=Cc1ccccc1[O-].Nc1cccnc1-c1ncccc1N=Cc1ccccc1[O-].[Cl-].[Fe+3]. The molecule has 0 atom stereocenters.